The molecule has 0 bridgehead atoms. The number of aromatic carboxylic acids is 4. The maximum absolute atomic E-state index is 12.7. The van der Waals surface area contributed by atoms with Crippen LogP contribution in [0.2, 0.25) is 0 Å². The average molecular weight is 394 g/mol. The number of benzene rings is 2. The number of carboxylic acid groups (broad SMARTS) is 4. The first-order chi connectivity index (χ1) is 12.5. The van der Waals surface area contributed by atoms with Crippen molar-refractivity contribution < 1.29 is 48.0 Å². The molecule has 0 atom stereocenters. The van der Waals surface area contributed by atoms with Gasteiger partial charge in [0.05, 0.1) is 32.0 Å². The van der Waals surface area contributed by atoms with E-state index < -0.39 is 65.8 Å². The monoisotopic (exact) mass is 394 g/mol. The third-order valence-electron chi connectivity index (χ3n) is 3.52. The second kappa shape index (κ2) is 6.88. The lowest BCUT2D eigenvalue weighted by Gasteiger charge is -2.09. The van der Waals surface area contributed by atoms with Crippen LogP contribution in [0.15, 0.2) is 46.2 Å². The minimum atomic E-state index is -4.45. The molecule has 140 valence electrons. The third-order valence-corrected chi connectivity index (χ3v) is 5.27. The summed E-state index contributed by atoms with van der Waals surface area (Å²) in [5.74, 6) is -6.49. The highest BCUT2D eigenvalue weighted by atomic mass is 32.2. The summed E-state index contributed by atoms with van der Waals surface area (Å²) in [5, 5.41) is 36.1. The van der Waals surface area contributed by atoms with Gasteiger partial charge in [-0.25, -0.2) is 27.6 Å². The Morgan fingerprint density at radius 3 is 1.11 bits per heavy atom. The van der Waals surface area contributed by atoms with E-state index in [-0.39, 0.29) is 0 Å². The van der Waals surface area contributed by atoms with Crippen molar-refractivity contribution >= 4 is 33.7 Å². The number of carboxylic acids is 4. The van der Waals surface area contributed by atoms with E-state index >= 15 is 0 Å². The zero-order valence-corrected chi connectivity index (χ0v) is 13.9. The first-order valence-electron chi connectivity index (χ1n) is 6.93. The Morgan fingerprint density at radius 1 is 0.556 bits per heavy atom. The van der Waals surface area contributed by atoms with E-state index in [0.717, 1.165) is 24.3 Å². The van der Waals surface area contributed by atoms with Crippen molar-refractivity contribution in [2.45, 2.75) is 9.79 Å². The highest BCUT2D eigenvalue weighted by Gasteiger charge is 2.26. The van der Waals surface area contributed by atoms with E-state index in [4.69, 9.17) is 20.4 Å². The summed E-state index contributed by atoms with van der Waals surface area (Å²) in [6.07, 6.45) is 0. The Morgan fingerprint density at radius 2 is 0.852 bits per heavy atom. The molecule has 11 heteroatoms. The molecule has 0 aromatic heterocycles. The van der Waals surface area contributed by atoms with Crippen molar-refractivity contribution in [1.29, 1.82) is 0 Å². The van der Waals surface area contributed by atoms with Crippen molar-refractivity contribution in [2.75, 3.05) is 0 Å². The first-order valence-corrected chi connectivity index (χ1v) is 8.41. The van der Waals surface area contributed by atoms with Crippen molar-refractivity contribution in [2.24, 2.45) is 0 Å². The summed E-state index contributed by atoms with van der Waals surface area (Å²) in [6, 6.07) is 4.57. The molecule has 0 aliphatic rings. The van der Waals surface area contributed by atoms with Gasteiger partial charge >= 0.3 is 23.9 Å². The molecule has 2 aromatic carbocycles. The fourth-order valence-electron chi connectivity index (χ4n) is 2.24. The third kappa shape index (κ3) is 3.62. The summed E-state index contributed by atoms with van der Waals surface area (Å²) in [6.45, 7) is 0. The minimum absolute atomic E-state index is 0.593. The lowest BCUT2D eigenvalue weighted by Crippen LogP contribution is -2.13. The van der Waals surface area contributed by atoms with Gasteiger partial charge in [-0.05, 0) is 36.4 Å². The zero-order valence-electron chi connectivity index (χ0n) is 13.1. The standard InChI is InChI=1S/C16H10O10S/c17-13(18)9-3-1-7(5-11(9)15(21)22)27(25,26)8-2-4-10(14(19)20)12(6-8)16(23)24/h1-6H,(H,17,18)(H,19,20)(H,21,22)(H,23,24). The quantitative estimate of drug-likeness (QED) is 0.557. The molecule has 4 N–H and O–H groups in total. The first kappa shape index (κ1) is 19.6. The Balaban J connectivity index is 2.69. The Bertz CT molecular complexity index is 1020. The van der Waals surface area contributed by atoms with Gasteiger partial charge in [0.25, 0.3) is 0 Å². The van der Waals surface area contributed by atoms with Gasteiger partial charge in [0, 0.05) is 0 Å². The molecule has 2 aromatic rings. The molecule has 0 amide bonds. The van der Waals surface area contributed by atoms with Crippen LogP contribution in [0.3, 0.4) is 0 Å². The summed E-state index contributed by atoms with van der Waals surface area (Å²) in [4.78, 5) is 43.3. The van der Waals surface area contributed by atoms with E-state index in [0.29, 0.717) is 12.1 Å². The van der Waals surface area contributed by atoms with Gasteiger partial charge in [0.15, 0.2) is 0 Å². The smallest absolute Gasteiger partial charge is 0.336 e. The van der Waals surface area contributed by atoms with Crippen LogP contribution in [0.1, 0.15) is 41.4 Å². The van der Waals surface area contributed by atoms with E-state index in [2.05, 4.69) is 0 Å². The highest BCUT2D eigenvalue weighted by molar-refractivity contribution is 7.91. The van der Waals surface area contributed by atoms with Crippen LogP contribution in [0.5, 0.6) is 0 Å². The SMILES string of the molecule is O=C(O)c1ccc(S(=O)(=O)c2ccc(C(=O)O)c(C(=O)O)c2)cc1C(=O)O. The van der Waals surface area contributed by atoms with Gasteiger partial charge < -0.3 is 20.4 Å². The predicted octanol–water partition coefficient (Wildman–Crippen LogP) is 1.31. The van der Waals surface area contributed by atoms with E-state index in [1.165, 1.54) is 0 Å². The van der Waals surface area contributed by atoms with Gasteiger partial charge in [-0.15, -0.1) is 0 Å². The molecule has 0 saturated carbocycles. The molecule has 0 saturated heterocycles. The molecule has 10 nitrogen and oxygen atoms in total. The van der Waals surface area contributed by atoms with Crippen LogP contribution in [0.4, 0.5) is 0 Å². The molecule has 0 unspecified atom stereocenters. The summed E-state index contributed by atoms with van der Waals surface area (Å²) < 4.78 is 25.3. The second-order valence-corrected chi connectivity index (χ2v) is 7.09. The molecule has 0 heterocycles. The maximum atomic E-state index is 12.7. The molecule has 0 radical (unpaired) electrons. The Labute approximate surface area is 150 Å². The van der Waals surface area contributed by atoms with Crippen LogP contribution in [-0.4, -0.2) is 52.7 Å². The van der Waals surface area contributed by atoms with Crippen LogP contribution in [0, 0.1) is 0 Å². The topological polar surface area (TPSA) is 183 Å². The van der Waals surface area contributed by atoms with Gasteiger partial charge in [0.2, 0.25) is 9.84 Å². The lowest BCUT2D eigenvalue weighted by atomic mass is 10.1. The summed E-state index contributed by atoms with van der Waals surface area (Å²) >= 11 is 0. The number of rotatable bonds is 6. The second-order valence-electron chi connectivity index (χ2n) is 5.14. The predicted molar refractivity (Wildman–Crippen MR) is 86.2 cm³/mol. The lowest BCUT2D eigenvalue weighted by molar-refractivity contribution is 0.0651. The Hall–Kier alpha value is -3.73. The average Bonchev–Trinajstić information content (AvgIpc) is 2.60. The summed E-state index contributed by atoms with van der Waals surface area (Å²) in [5.41, 5.74) is -2.81. The highest BCUT2D eigenvalue weighted by Crippen LogP contribution is 2.26. The number of sulfone groups is 1. The number of carbonyl (C=O) groups is 4. The fourth-order valence-corrected chi connectivity index (χ4v) is 3.56. The minimum Gasteiger partial charge on any atom is -0.478 e. The molecule has 2 rings (SSSR count). The molecular weight excluding hydrogens is 384 g/mol. The molecule has 0 spiro atoms. The molecule has 0 aliphatic heterocycles. The largest absolute Gasteiger partial charge is 0.478 e. The van der Waals surface area contributed by atoms with Crippen molar-refractivity contribution in [3.8, 4) is 0 Å². The van der Waals surface area contributed by atoms with Crippen molar-refractivity contribution in [3.63, 3.8) is 0 Å². The van der Waals surface area contributed by atoms with E-state index in [1.54, 1.807) is 0 Å². The van der Waals surface area contributed by atoms with Crippen LogP contribution in [-0.2, 0) is 9.84 Å². The normalized spacial score (nSPS) is 11.0. The fraction of sp³-hybridized carbons (Fsp3) is 0. The van der Waals surface area contributed by atoms with Crippen molar-refractivity contribution in [1.82, 2.24) is 0 Å². The Kier molecular flexibility index (Phi) is 4.99. The molecule has 0 fully saturated rings. The number of hydrogen-bond acceptors (Lipinski definition) is 6. The van der Waals surface area contributed by atoms with Gasteiger partial charge in [0.1, 0.15) is 0 Å². The molecule has 27 heavy (non-hydrogen) atoms. The van der Waals surface area contributed by atoms with Crippen molar-refractivity contribution in [3.05, 3.63) is 58.7 Å². The van der Waals surface area contributed by atoms with Gasteiger partial charge in [-0.2, -0.15) is 0 Å². The van der Waals surface area contributed by atoms with E-state index in [9.17, 15) is 27.6 Å². The molecule has 0 aliphatic carbocycles. The zero-order chi connectivity index (χ0) is 20.5. The van der Waals surface area contributed by atoms with Crippen LogP contribution >= 0.6 is 0 Å². The van der Waals surface area contributed by atoms with E-state index in [1.807, 2.05) is 0 Å². The maximum Gasteiger partial charge on any atom is 0.336 e. The summed E-state index contributed by atoms with van der Waals surface area (Å²) in [7, 11) is -4.45. The van der Waals surface area contributed by atoms with Gasteiger partial charge in [-0.3, -0.25) is 0 Å². The van der Waals surface area contributed by atoms with Crippen LogP contribution in [0.25, 0.3) is 0 Å². The molecular formula is C16H10O10S. The van der Waals surface area contributed by atoms with Gasteiger partial charge in [-0.1, -0.05) is 0 Å². The number of hydrogen-bond donors (Lipinski definition) is 4. The van der Waals surface area contributed by atoms with Crippen LogP contribution < -0.4 is 0 Å².